The first-order valence-electron chi connectivity index (χ1n) is 5.11. The largest absolute Gasteiger partial charge is 0.0811 e. The molecule has 1 rings (SSSR count). The molecular formula is C12H20. The van der Waals surface area contributed by atoms with Crippen LogP contribution in [0.1, 0.15) is 46.5 Å². The van der Waals surface area contributed by atoms with Gasteiger partial charge in [0.05, 0.1) is 0 Å². The summed E-state index contributed by atoms with van der Waals surface area (Å²) in [6.07, 6.45) is 9.89. The molecule has 0 aromatic carbocycles. The van der Waals surface area contributed by atoms with Crippen LogP contribution in [0.25, 0.3) is 0 Å². The summed E-state index contributed by atoms with van der Waals surface area (Å²) in [5.74, 6) is 0.764. The second kappa shape index (κ2) is 4.49. The normalized spacial score (nSPS) is 23.4. The Morgan fingerprint density at radius 2 is 2.25 bits per heavy atom. The third-order valence-electron chi connectivity index (χ3n) is 2.63. The zero-order valence-electron chi connectivity index (χ0n) is 8.56. The maximum absolute atomic E-state index is 2.32. The Kier molecular flexibility index (Phi) is 3.58. The molecule has 0 saturated carbocycles. The number of rotatable bonds is 3. The number of hydrogen-bond donors (Lipinski definition) is 0. The average Bonchev–Trinajstić information content (AvgIpc) is 2.07. The van der Waals surface area contributed by atoms with Crippen molar-refractivity contribution in [2.75, 3.05) is 0 Å². The van der Waals surface area contributed by atoms with Crippen molar-refractivity contribution in [1.29, 1.82) is 0 Å². The summed E-state index contributed by atoms with van der Waals surface area (Å²) in [6, 6.07) is 0. The lowest BCUT2D eigenvalue weighted by molar-refractivity contribution is 0.651. The van der Waals surface area contributed by atoms with Crippen molar-refractivity contribution in [3.63, 3.8) is 0 Å². The van der Waals surface area contributed by atoms with Crippen LogP contribution in [0, 0.1) is 5.92 Å². The molecule has 0 N–H and O–H groups in total. The first-order chi connectivity index (χ1) is 5.74. The van der Waals surface area contributed by atoms with Crippen LogP contribution in [-0.2, 0) is 0 Å². The molecule has 0 nitrogen and oxygen atoms in total. The van der Waals surface area contributed by atoms with E-state index < -0.39 is 0 Å². The predicted octanol–water partition coefficient (Wildman–Crippen LogP) is 4.09. The third kappa shape index (κ3) is 2.51. The van der Waals surface area contributed by atoms with Gasteiger partial charge in [0.15, 0.2) is 0 Å². The van der Waals surface area contributed by atoms with Crippen LogP contribution in [0.15, 0.2) is 23.3 Å². The van der Waals surface area contributed by atoms with Gasteiger partial charge >= 0.3 is 0 Å². The Morgan fingerprint density at radius 1 is 1.50 bits per heavy atom. The molecule has 0 amide bonds. The molecule has 68 valence electrons. The fourth-order valence-electron chi connectivity index (χ4n) is 1.73. The van der Waals surface area contributed by atoms with Gasteiger partial charge in [-0.15, -0.1) is 0 Å². The van der Waals surface area contributed by atoms with E-state index in [0.29, 0.717) is 0 Å². The molecule has 0 aliphatic heterocycles. The summed E-state index contributed by atoms with van der Waals surface area (Å²) < 4.78 is 0. The Hall–Kier alpha value is -0.520. The van der Waals surface area contributed by atoms with Gasteiger partial charge in [-0.1, -0.05) is 43.6 Å². The maximum Gasteiger partial charge on any atom is -0.0221 e. The fourth-order valence-corrected chi connectivity index (χ4v) is 1.73. The molecule has 1 aliphatic rings. The highest BCUT2D eigenvalue weighted by atomic mass is 14.1. The Balaban J connectivity index is 2.53. The van der Waals surface area contributed by atoms with E-state index in [0.717, 1.165) is 5.92 Å². The zero-order valence-corrected chi connectivity index (χ0v) is 8.56. The molecular weight excluding hydrogens is 144 g/mol. The van der Waals surface area contributed by atoms with Crippen molar-refractivity contribution >= 4 is 0 Å². The zero-order chi connectivity index (χ0) is 8.97. The molecule has 1 unspecified atom stereocenters. The lowest BCUT2D eigenvalue weighted by Crippen LogP contribution is -2.00. The van der Waals surface area contributed by atoms with Crippen molar-refractivity contribution in [2.45, 2.75) is 46.5 Å². The van der Waals surface area contributed by atoms with Crippen LogP contribution in [0.2, 0.25) is 0 Å². The highest BCUT2D eigenvalue weighted by Gasteiger charge is 2.09. The van der Waals surface area contributed by atoms with Gasteiger partial charge in [-0.05, 0) is 32.1 Å². The highest BCUT2D eigenvalue weighted by Crippen LogP contribution is 2.26. The minimum absolute atomic E-state index is 0.764. The second-order valence-corrected chi connectivity index (χ2v) is 3.93. The van der Waals surface area contributed by atoms with Gasteiger partial charge in [0.25, 0.3) is 0 Å². The van der Waals surface area contributed by atoms with E-state index >= 15 is 0 Å². The second-order valence-electron chi connectivity index (χ2n) is 3.93. The van der Waals surface area contributed by atoms with E-state index in [4.69, 9.17) is 0 Å². The predicted molar refractivity (Wildman–Crippen MR) is 55.1 cm³/mol. The fraction of sp³-hybridized carbons (Fsp3) is 0.667. The number of allylic oxidation sites excluding steroid dienone is 4. The van der Waals surface area contributed by atoms with Crippen LogP contribution >= 0.6 is 0 Å². The summed E-state index contributed by atoms with van der Waals surface area (Å²) in [6.45, 7) is 6.81. The Morgan fingerprint density at radius 3 is 2.92 bits per heavy atom. The molecule has 0 aromatic heterocycles. The van der Waals surface area contributed by atoms with Crippen molar-refractivity contribution in [1.82, 2.24) is 0 Å². The standard InChI is InChI=1S/C12H20/c1-4-5-6-12-9-10(2)7-8-11(12)3/h7-8,10H,4-6,9H2,1-3H3. The Bertz CT molecular complexity index is 196. The molecule has 0 fully saturated rings. The minimum Gasteiger partial charge on any atom is -0.0811 e. The quantitative estimate of drug-likeness (QED) is 0.589. The van der Waals surface area contributed by atoms with Gasteiger partial charge in [0, 0.05) is 0 Å². The average molecular weight is 164 g/mol. The van der Waals surface area contributed by atoms with E-state index in [1.165, 1.54) is 31.3 Å². The molecule has 1 aliphatic carbocycles. The first-order valence-corrected chi connectivity index (χ1v) is 5.11. The maximum atomic E-state index is 2.32. The van der Waals surface area contributed by atoms with Gasteiger partial charge in [0.2, 0.25) is 0 Å². The van der Waals surface area contributed by atoms with E-state index in [-0.39, 0.29) is 0 Å². The van der Waals surface area contributed by atoms with E-state index in [2.05, 4.69) is 32.9 Å². The van der Waals surface area contributed by atoms with Gasteiger partial charge in [-0.25, -0.2) is 0 Å². The van der Waals surface area contributed by atoms with E-state index in [9.17, 15) is 0 Å². The topological polar surface area (TPSA) is 0 Å². The van der Waals surface area contributed by atoms with Crippen LogP contribution in [0.4, 0.5) is 0 Å². The summed E-state index contributed by atoms with van der Waals surface area (Å²) in [5, 5.41) is 0. The summed E-state index contributed by atoms with van der Waals surface area (Å²) in [4.78, 5) is 0. The summed E-state index contributed by atoms with van der Waals surface area (Å²) in [5.41, 5.74) is 3.20. The molecule has 0 aromatic rings. The molecule has 0 heterocycles. The van der Waals surface area contributed by atoms with Crippen LogP contribution < -0.4 is 0 Å². The smallest absolute Gasteiger partial charge is 0.0221 e. The first kappa shape index (κ1) is 9.57. The van der Waals surface area contributed by atoms with Gasteiger partial charge < -0.3 is 0 Å². The van der Waals surface area contributed by atoms with Gasteiger partial charge in [-0.3, -0.25) is 0 Å². The van der Waals surface area contributed by atoms with Gasteiger partial charge in [-0.2, -0.15) is 0 Å². The highest BCUT2D eigenvalue weighted by molar-refractivity contribution is 5.28. The minimum atomic E-state index is 0.764. The lowest BCUT2D eigenvalue weighted by Gasteiger charge is -2.17. The number of unbranched alkanes of at least 4 members (excludes halogenated alkanes) is 1. The monoisotopic (exact) mass is 164 g/mol. The molecule has 0 heteroatoms. The van der Waals surface area contributed by atoms with Crippen molar-refractivity contribution in [3.8, 4) is 0 Å². The Labute approximate surface area is 76.4 Å². The summed E-state index contributed by atoms with van der Waals surface area (Å²) >= 11 is 0. The molecule has 0 saturated heterocycles. The van der Waals surface area contributed by atoms with E-state index in [1.54, 1.807) is 5.57 Å². The van der Waals surface area contributed by atoms with Crippen molar-refractivity contribution in [2.24, 2.45) is 5.92 Å². The van der Waals surface area contributed by atoms with Crippen LogP contribution in [-0.4, -0.2) is 0 Å². The molecule has 0 bridgehead atoms. The van der Waals surface area contributed by atoms with Gasteiger partial charge in [0.1, 0.15) is 0 Å². The lowest BCUT2D eigenvalue weighted by atomic mass is 9.89. The third-order valence-corrected chi connectivity index (χ3v) is 2.63. The number of hydrogen-bond acceptors (Lipinski definition) is 0. The molecule has 1 atom stereocenters. The van der Waals surface area contributed by atoms with Crippen molar-refractivity contribution < 1.29 is 0 Å². The van der Waals surface area contributed by atoms with E-state index in [1.807, 2.05) is 0 Å². The molecule has 0 spiro atoms. The van der Waals surface area contributed by atoms with Crippen molar-refractivity contribution in [3.05, 3.63) is 23.3 Å². The van der Waals surface area contributed by atoms with Crippen LogP contribution in [0.5, 0.6) is 0 Å². The molecule has 12 heavy (non-hydrogen) atoms. The molecule has 0 radical (unpaired) electrons. The summed E-state index contributed by atoms with van der Waals surface area (Å²) in [7, 11) is 0. The SMILES string of the molecule is CCCCC1=C(C)C=CC(C)C1. The van der Waals surface area contributed by atoms with Crippen LogP contribution in [0.3, 0.4) is 0 Å².